The monoisotopic (exact) mass is 266 g/mol. The SMILES string of the molecule is Cc1[nH]ncc1S(=O)(=O)N(C)c1ccc(N)cc1. The maximum absolute atomic E-state index is 12.3. The molecule has 6 nitrogen and oxygen atoms in total. The number of hydrogen-bond acceptors (Lipinski definition) is 4. The van der Waals surface area contributed by atoms with Crippen LogP contribution in [0.1, 0.15) is 5.69 Å². The van der Waals surface area contributed by atoms with E-state index in [-0.39, 0.29) is 4.90 Å². The highest BCUT2D eigenvalue weighted by Gasteiger charge is 2.24. The molecule has 1 aromatic carbocycles. The number of H-pyrrole nitrogens is 1. The Labute approximate surface area is 105 Å². The van der Waals surface area contributed by atoms with Crippen LogP contribution in [0.2, 0.25) is 0 Å². The minimum Gasteiger partial charge on any atom is -0.399 e. The van der Waals surface area contributed by atoms with Crippen molar-refractivity contribution >= 4 is 21.4 Å². The lowest BCUT2D eigenvalue weighted by molar-refractivity contribution is 0.594. The van der Waals surface area contributed by atoms with Crippen molar-refractivity contribution in [3.05, 3.63) is 36.2 Å². The van der Waals surface area contributed by atoms with E-state index in [1.807, 2.05) is 0 Å². The second kappa shape index (κ2) is 4.34. The highest BCUT2D eigenvalue weighted by Crippen LogP contribution is 2.23. The number of aryl methyl sites for hydroxylation is 1. The first-order valence-corrected chi connectivity index (χ1v) is 6.71. The summed E-state index contributed by atoms with van der Waals surface area (Å²) in [4.78, 5) is 0.168. The molecule has 7 heteroatoms. The lowest BCUT2D eigenvalue weighted by Crippen LogP contribution is -2.26. The van der Waals surface area contributed by atoms with Crippen LogP contribution >= 0.6 is 0 Å². The van der Waals surface area contributed by atoms with Crippen LogP contribution in [0.5, 0.6) is 0 Å². The standard InChI is InChI=1S/C11H14N4O2S/c1-8-11(7-13-14-8)18(16,17)15(2)10-5-3-9(12)4-6-10/h3-7H,12H2,1-2H3,(H,13,14). The van der Waals surface area contributed by atoms with Gasteiger partial charge in [0.25, 0.3) is 10.0 Å². The number of benzene rings is 1. The van der Waals surface area contributed by atoms with Crippen LogP contribution in [-0.2, 0) is 10.0 Å². The van der Waals surface area contributed by atoms with Gasteiger partial charge in [-0.15, -0.1) is 0 Å². The van der Waals surface area contributed by atoms with Crippen molar-refractivity contribution in [2.75, 3.05) is 17.1 Å². The third kappa shape index (κ3) is 2.04. The molecule has 0 unspecified atom stereocenters. The van der Waals surface area contributed by atoms with E-state index in [2.05, 4.69) is 10.2 Å². The number of sulfonamides is 1. The Bertz CT molecular complexity index is 646. The summed E-state index contributed by atoms with van der Waals surface area (Å²) in [5.41, 5.74) is 7.22. The molecule has 0 aliphatic carbocycles. The molecule has 0 atom stereocenters. The van der Waals surface area contributed by atoms with Crippen LogP contribution in [0.25, 0.3) is 0 Å². The second-order valence-corrected chi connectivity index (χ2v) is 5.86. The van der Waals surface area contributed by atoms with Crippen molar-refractivity contribution in [2.24, 2.45) is 0 Å². The van der Waals surface area contributed by atoms with Gasteiger partial charge in [-0.1, -0.05) is 0 Å². The van der Waals surface area contributed by atoms with Gasteiger partial charge in [0.15, 0.2) is 0 Å². The van der Waals surface area contributed by atoms with Crippen LogP contribution in [-0.4, -0.2) is 25.7 Å². The van der Waals surface area contributed by atoms with Crippen molar-refractivity contribution in [3.63, 3.8) is 0 Å². The highest BCUT2D eigenvalue weighted by molar-refractivity contribution is 7.92. The average molecular weight is 266 g/mol. The number of rotatable bonds is 3. The van der Waals surface area contributed by atoms with Crippen molar-refractivity contribution in [1.29, 1.82) is 0 Å². The van der Waals surface area contributed by atoms with E-state index < -0.39 is 10.0 Å². The number of nitrogens with one attached hydrogen (secondary N) is 1. The minimum absolute atomic E-state index is 0.168. The molecule has 0 aliphatic rings. The van der Waals surface area contributed by atoms with Gasteiger partial charge in [-0.3, -0.25) is 9.40 Å². The summed E-state index contributed by atoms with van der Waals surface area (Å²) < 4.78 is 25.9. The molecule has 0 saturated carbocycles. The predicted molar refractivity (Wildman–Crippen MR) is 69.8 cm³/mol. The first-order valence-electron chi connectivity index (χ1n) is 5.27. The van der Waals surface area contributed by atoms with Crippen LogP contribution in [0.3, 0.4) is 0 Å². The lowest BCUT2D eigenvalue weighted by atomic mass is 10.3. The minimum atomic E-state index is -3.59. The molecule has 0 radical (unpaired) electrons. The zero-order chi connectivity index (χ0) is 13.3. The fraction of sp³-hybridized carbons (Fsp3) is 0.182. The summed E-state index contributed by atoms with van der Waals surface area (Å²) in [6.45, 7) is 1.66. The zero-order valence-electron chi connectivity index (χ0n) is 10.1. The molecule has 0 bridgehead atoms. The van der Waals surface area contributed by atoms with Crippen LogP contribution in [0, 0.1) is 6.92 Å². The number of aromatic amines is 1. The van der Waals surface area contributed by atoms with Crippen molar-refractivity contribution in [3.8, 4) is 0 Å². The zero-order valence-corrected chi connectivity index (χ0v) is 10.9. The normalized spacial score (nSPS) is 11.4. The molecule has 0 amide bonds. The third-order valence-corrected chi connectivity index (χ3v) is 4.58. The van der Waals surface area contributed by atoms with Gasteiger partial charge in [0.1, 0.15) is 4.90 Å². The Kier molecular flexibility index (Phi) is 3.00. The second-order valence-electron chi connectivity index (χ2n) is 3.92. The highest BCUT2D eigenvalue weighted by atomic mass is 32.2. The Morgan fingerprint density at radius 2 is 1.89 bits per heavy atom. The van der Waals surface area contributed by atoms with Gasteiger partial charge in [0, 0.05) is 12.7 Å². The Balaban J connectivity index is 2.42. The Hall–Kier alpha value is -2.02. The van der Waals surface area contributed by atoms with Gasteiger partial charge < -0.3 is 5.73 Å². The molecule has 2 rings (SSSR count). The van der Waals surface area contributed by atoms with Gasteiger partial charge in [-0.05, 0) is 31.2 Å². The van der Waals surface area contributed by atoms with Crippen LogP contribution in [0.4, 0.5) is 11.4 Å². The van der Waals surface area contributed by atoms with E-state index >= 15 is 0 Å². The maximum atomic E-state index is 12.3. The van der Waals surface area contributed by atoms with Gasteiger partial charge in [-0.25, -0.2) is 8.42 Å². The summed E-state index contributed by atoms with van der Waals surface area (Å²) >= 11 is 0. The number of nitrogens with two attached hydrogens (primary N) is 1. The number of nitrogen functional groups attached to an aromatic ring is 1. The Morgan fingerprint density at radius 1 is 1.28 bits per heavy atom. The van der Waals surface area contributed by atoms with E-state index in [9.17, 15) is 8.42 Å². The number of hydrogen-bond donors (Lipinski definition) is 2. The first kappa shape index (κ1) is 12.4. The number of aromatic nitrogens is 2. The van der Waals surface area contributed by atoms with E-state index in [1.54, 1.807) is 31.2 Å². The quantitative estimate of drug-likeness (QED) is 0.814. The van der Waals surface area contributed by atoms with Gasteiger partial charge in [0.05, 0.1) is 17.6 Å². The molecule has 96 valence electrons. The molecule has 0 aliphatic heterocycles. The van der Waals surface area contributed by atoms with Crippen LogP contribution < -0.4 is 10.0 Å². The van der Waals surface area contributed by atoms with Crippen molar-refractivity contribution in [2.45, 2.75) is 11.8 Å². The smallest absolute Gasteiger partial charge is 0.267 e. The lowest BCUT2D eigenvalue weighted by Gasteiger charge is -2.19. The molecule has 2 aromatic rings. The summed E-state index contributed by atoms with van der Waals surface area (Å²) in [5.74, 6) is 0. The molecular formula is C11H14N4O2S. The summed E-state index contributed by atoms with van der Waals surface area (Å²) in [6, 6.07) is 6.62. The average Bonchev–Trinajstić information content (AvgIpc) is 2.76. The van der Waals surface area contributed by atoms with Crippen LogP contribution in [0.15, 0.2) is 35.4 Å². The van der Waals surface area contributed by atoms with E-state index in [1.165, 1.54) is 17.5 Å². The molecule has 0 saturated heterocycles. The fourth-order valence-corrected chi connectivity index (χ4v) is 2.88. The summed E-state index contributed by atoms with van der Waals surface area (Å²) in [7, 11) is -2.10. The van der Waals surface area contributed by atoms with Gasteiger partial charge in [0.2, 0.25) is 0 Å². The van der Waals surface area contributed by atoms with Gasteiger partial charge >= 0.3 is 0 Å². The van der Waals surface area contributed by atoms with Gasteiger partial charge in [-0.2, -0.15) is 5.10 Å². The Morgan fingerprint density at radius 3 is 2.39 bits per heavy atom. The third-order valence-electron chi connectivity index (χ3n) is 2.68. The molecular weight excluding hydrogens is 252 g/mol. The molecule has 1 aromatic heterocycles. The molecule has 0 fully saturated rings. The molecule has 3 N–H and O–H groups in total. The first-order chi connectivity index (χ1) is 8.43. The largest absolute Gasteiger partial charge is 0.399 e. The van der Waals surface area contributed by atoms with E-state index in [4.69, 9.17) is 5.73 Å². The molecule has 0 spiro atoms. The number of nitrogens with zero attached hydrogens (tertiary/aromatic N) is 2. The summed E-state index contributed by atoms with van der Waals surface area (Å²) in [5, 5.41) is 6.34. The molecule has 18 heavy (non-hydrogen) atoms. The maximum Gasteiger partial charge on any atom is 0.267 e. The summed E-state index contributed by atoms with van der Waals surface area (Å²) in [6.07, 6.45) is 1.30. The number of anilines is 2. The van der Waals surface area contributed by atoms with Crippen molar-refractivity contribution < 1.29 is 8.42 Å². The molecule has 1 heterocycles. The van der Waals surface area contributed by atoms with E-state index in [0.717, 1.165) is 0 Å². The fourth-order valence-electron chi connectivity index (χ4n) is 1.57. The predicted octanol–water partition coefficient (Wildman–Crippen LogP) is 1.13. The topological polar surface area (TPSA) is 92.1 Å². The van der Waals surface area contributed by atoms with E-state index in [0.29, 0.717) is 17.1 Å². The van der Waals surface area contributed by atoms with Crippen molar-refractivity contribution in [1.82, 2.24) is 10.2 Å².